The normalized spacial score (nSPS) is 12.7. The van der Waals surface area contributed by atoms with Crippen molar-refractivity contribution >= 4 is 27.3 Å². The Hall–Kier alpha value is -2.74. The number of fused-ring (bicyclic) bond motifs is 1. The molecule has 0 spiro atoms. The van der Waals surface area contributed by atoms with Crippen molar-refractivity contribution in [2.24, 2.45) is 0 Å². The van der Waals surface area contributed by atoms with Crippen molar-refractivity contribution in [3.63, 3.8) is 0 Å². The standard InChI is InChI=1S/C15H14N2O5S/c1-23(19,20)17-12-4-2-3-11(8-12)16-15(18)10-5-6-13-14(7-10)22-9-21-13/h2-8,17H,9H2,1H3,(H,16,18). The van der Waals surface area contributed by atoms with Crippen LogP contribution in [0.15, 0.2) is 42.5 Å². The number of carbonyl (C=O) groups is 1. The summed E-state index contributed by atoms with van der Waals surface area (Å²) >= 11 is 0. The first-order chi connectivity index (χ1) is 10.9. The maximum absolute atomic E-state index is 12.3. The number of benzene rings is 2. The van der Waals surface area contributed by atoms with Crippen molar-refractivity contribution in [3.8, 4) is 11.5 Å². The SMILES string of the molecule is CS(=O)(=O)Nc1cccc(NC(=O)c2ccc3c(c2)OCO3)c1. The van der Waals surface area contributed by atoms with E-state index in [1.807, 2.05) is 0 Å². The molecule has 2 aromatic carbocycles. The summed E-state index contributed by atoms with van der Waals surface area (Å²) in [6.45, 7) is 0.139. The Labute approximate surface area is 133 Å². The maximum atomic E-state index is 12.3. The summed E-state index contributed by atoms with van der Waals surface area (Å²) in [5.74, 6) is 0.783. The minimum absolute atomic E-state index is 0.139. The van der Waals surface area contributed by atoms with Gasteiger partial charge in [-0.25, -0.2) is 8.42 Å². The number of hydrogen-bond donors (Lipinski definition) is 2. The topological polar surface area (TPSA) is 93.7 Å². The number of ether oxygens (including phenoxy) is 2. The lowest BCUT2D eigenvalue weighted by molar-refractivity contribution is 0.102. The lowest BCUT2D eigenvalue weighted by Crippen LogP contribution is -2.13. The Morgan fingerprint density at radius 1 is 1.04 bits per heavy atom. The van der Waals surface area contributed by atoms with Crippen molar-refractivity contribution in [2.75, 3.05) is 23.1 Å². The van der Waals surface area contributed by atoms with E-state index in [-0.39, 0.29) is 12.7 Å². The predicted octanol–water partition coefficient (Wildman–Crippen LogP) is 2.04. The number of amides is 1. The lowest BCUT2D eigenvalue weighted by Gasteiger charge is -2.09. The van der Waals surface area contributed by atoms with Gasteiger partial charge >= 0.3 is 0 Å². The number of hydrogen-bond acceptors (Lipinski definition) is 5. The zero-order valence-electron chi connectivity index (χ0n) is 12.2. The first-order valence-corrected chi connectivity index (χ1v) is 8.59. The highest BCUT2D eigenvalue weighted by Gasteiger charge is 2.16. The van der Waals surface area contributed by atoms with E-state index in [2.05, 4.69) is 10.0 Å². The van der Waals surface area contributed by atoms with Crippen LogP contribution in [0.2, 0.25) is 0 Å². The number of nitrogens with one attached hydrogen (secondary N) is 2. The summed E-state index contributed by atoms with van der Waals surface area (Å²) in [6.07, 6.45) is 1.06. The van der Waals surface area contributed by atoms with Gasteiger partial charge in [0, 0.05) is 11.3 Å². The molecule has 1 aliphatic rings. The molecule has 0 atom stereocenters. The molecule has 0 aromatic heterocycles. The molecular formula is C15H14N2O5S. The molecule has 0 radical (unpaired) electrons. The number of rotatable bonds is 4. The largest absolute Gasteiger partial charge is 0.454 e. The van der Waals surface area contributed by atoms with Crippen LogP contribution in [0.4, 0.5) is 11.4 Å². The Morgan fingerprint density at radius 2 is 1.78 bits per heavy atom. The highest BCUT2D eigenvalue weighted by molar-refractivity contribution is 7.92. The molecule has 0 unspecified atom stereocenters. The van der Waals surface area contributed by atoms with E-state index in [0.29, 0.717) is 28.4 Å². The van der Waals surface area contributed by atoms with E-state index in [1.54, 1.807) is 36.4 Å². The quantitative estimate of drug-likeness (QED) is 0.892. The zero-order chi connectivity index (χ0) is 16.4. The van der Waals surface area contributed by atoms with Crippen LogP contribution in [0.1, 0.15) is 10.4 Å². The Kier molecular flexibility index (Phi) is 3.83. The van der Waals surface area contributed by atoms with Gasteiger partial charge in [-0.15, -0.1) is 0 Å². The van der Waals surface area contributed by atoms with Gasteiger partial charge in [0.15, 0.2) is 11.5 Å². The minimum Gasteiger partial charge on any atom is -0.454 e. The van der Waals surface area contributed by atoms with Gasteiger partial charge in [0.1, 0.15) is 0 Å². The van der Waals surface area contributed by atoms with Crippen molar-refractivity contribution < 1.29 is 22.7 Å². The maximum Gasteiger partial charge on any atom is 0.255 e. The fraction of sp³-hybridized carbons (Fsp3) is 0.133. The van der Waals surface area contributed by atoms with Gasteiger partial charge in [-0.1, -0.05) is 6.07 Å². The Morgan fingerprint density at radius 3 is 2.57 bits per heavy atom. The molecule has 0 fully saturated rings. The van der Waals surface area contributed by atoms with Gasteiger partial charge in [-0.2, -0.15) is 0 Å². The van der Waals surface area contributed by atoms with Crippen LogP contribution in [-0.4, -0.2) is 27.4 Å². The Balaban J connectivity index is 1.76. The van der Waals surface area contributed by atoms with E-state index in [9.17, 15) is 13.2 Å². The average Bonchev–Trinajstić information content (AvgIpc) is 2.93. The van der Waals surface area contributed by atoms with Crippen molar-refractivity contribution in [2.45, 2.75) is 0 Å². The summed E-state index contributed by atoms with van der Waals surface area (Å²) in [4.78, 5) is 12.3. The third-order valence-corrected chi connectivity index (χ3v) is 3.66. The van der Waals surface area contributed by atoms with Crippen LogP contribution < -0.4 is 19.5 Å². The van der Waals surface area contributed by atoms with Crippen molar-refractivity contribution in [1.82, 2.24) is 0 Å². The second kappa shape index (κ2) is 5.81. The van der Waals surface area contributed by atoms with Crippen LogP contribution in [-0.2, 0) is 10.0 Å². The second-order valence-electron chi connectivity index (χ2n) is 4.98. The highest BCUT2D eigenvalue weighted by atomic mass is 32.2. The summed E-state index contributed by atoms with van der Waals surface area (Å²) < 4.78 is 35.3. The molecule has 3 rings (SSSR count). The van der Waals surface area contributed by atoms with Gasteiger partial charge in [-0.3, -0.25) is 9.52 Å². The molecule has 7 nitrogen and oxygen atoms in total. The fourth-order valence-electron chi connectivity index (χ4n) is 2.12. The molecule has 1 amide bonds. The van der Waals surface area contributed by atoms with Gasteiger partial charge in [-0.05, 0) is 36.4 Å². The molecule has 0 saturated carbocycles. The van der Waals surface area contributed by atoms with E-state index >= 15 is 0 Å². The van der Waals surface area contributed by atoms with Crippen LogP contribution >= 0.6 is 0 Å². The summed E-state index contributed by atoms with van der Waals surface area (Å²) in [5, 5.41) is 2.71. The zero-order valence-corrected chi connectivity index (χ0v) is 13.0. The number of sulfonamides is 1. The molecule has 2 aromatic rings. The molecular weight excluding hydrogens is 320 g/mol. The highest BCUT2D eigenvalue weighted by Crippen LogP contribution is 2.32. The molecule has 0 saturated heterocycles. The predicted molar refractivity (Wildman–Crippen MR) is 85.4 cm³/mol. The molecule has 2 N–H and O–H groups in total. The van der Waals surface area contributed by atoms with Crippen LogP contribution in [0, 0.1) is 0 Å². The molecule has 23 heavy (non-hydrogen) atoms. The summed E-state index contributed by atoms with van der Waals surface area (Å²) in [7, 11) is -3.37. The first-order valence-electron chi connectivity index (χ1n) is 6.69. The van der Waals surface area contributed by atoms with Gasteiger partial charge in [0.25, 0.3) is 5.91 Å². The molecule has 0 bridgehead atoms. The van der Waals surface area contributed by atoms with Gasteiger partial charge in [0.05, 0.1) is 11.9 Å². The summed E-state index contributed by atoms with van der Waals surface area (Å²) in [6, 6.07) is 11.3. The molecule has 0 aliphatic carbocycles. The molecule has 1 aliphatic heterocycles. The van der Waals surface area contributed by atoms with E-state index in [1.165, 1.54) is 6.07 Å². The van der Waals surface area contributed by atoms with E-state index in [0.717, 1.165) is 6.26 Å². The first kappa shape index (κ1) is 15.2. The van der Waals surface area contributed by atoms with Crippen molar-refractivity contribution in [1.29, 1.82) is 0 Å². The third kappa shape index (κ3) is 3.72. The number of anilines is 2. The van der Waals surface area contributed by atoms with E-state index in [4.69, 9.17) is 9.47 Å². The van der Waals surface area contributed by atoms with Crippen molar-refractivity contribution in [3.05, 3.63) is 48.0 Å². The lowest BCUT2D eigenvalue weighted by atomic mass is 10.2. The monoisotopic (exact) mass is 334 g/mol. The molecule has 120 valence electrons. The molecule has 1 heterocycles. The average molecular weight is 334 g/mol. The van der Waals surface area contributed by atoms with Gasteiger partial charge in [0.2, 0.25) is 16.8 Å². The van der Waals surface area contributed by atoms with Crippen LogP contribution in [0.5, 0.6) is 11.5 Å². The third-order valence-electron chi connectivity index (χ3n) is 3.06. The smallest absolute Gasteiger partial charge is 0.255 e. The van der Waals surface area contributed by atoms with Gasteiger partial charge < -0.3 is 14.8 Å². The second-order valence-corrected chi connectivity index (χ2v) is 6.73. The molecule has 8 heteroatoms. The number of carbonyl (C=O) groups excluding carboxylic acids is 1. The fourth-order valence-corrected chi connectivity index (χ4v) is 2.67. The van der Waals surface area contributed by atoms with E-state index < -0.39 is 10.0 Å². The Bertz CT molecular complexity index is 864. The summed E-state index contributed by atoms with van der Waals surface area (Å²) in [5.41, 5.74) is 1.26. The van der Waals surface area contributed by atoms with Crippen LogP contribution in [0.25, 0.3) is 0 Å². The minimum atomic E-state index is -3.37. The van der Waals surface area contributed by atoms with Crippen LogP contribution in [0.3, 0.4) is 0 Å².